The normalized spacial score (nSPS) is 15.2. The standard InChI is InChI=1S/C14H31N3O/c1-10(2)7-12(9-17(5)6)16-14(18)13(15)8-11(3)4/h10-13H,7-9,15H2,1-6H3,(H,16,18). The van der Waals surface area contributed by atoms with Crippen molar-refractivity contribution in [1.29, 1.82) is 0 Å². The number of nitrogens with two attached hydrogens (primary N) is 1. The molecule has 1 amide bonds. The number of nitrogens with zero attached hydrogens (tertiary/aromatic N) is 1. The molecule has 18 heavy (non-hydrogen) atoms. The Kier molecular flexibility index (Phi) is 8.20. The summed E-state index contributed by atoms with van der Waals surface area (Å²) in [5, 5.41) is 3.08. The van der Waals surface area contributed by atoms with Crippen molar-refractivity contribution in [2.24, 2.45) is 17.6 Å². The van der Waals surface area contributed by atoms with E-state index in [1.807, 2.05) is 14.1 Å². The minimum Gasteiger partial charge on any atom is -0.351 e. The Balaban J connectivity index is 4.33. The van der Waals surface area contributed by atoms with Crippen molar-refractivity contribution in [1.82, 2.24) is 10.2 Å². The maximum atomic E-state index is 12.0. The number of amides is 1. The molecule has 0 rings (SSSR count). The van der Waals surface area contributed by atoms with Crippen LogP contribution in [0.5, 0.6) is 0 Å². The third kappa shape index (κ3) is 8.48. The van der Waals surface area contributed by atoms with Crippen molar-refractivity contribution in [2.75, 3.05) is 20.6 Å². The number of hydrogen-bond donors (Lipinski definition) is 2. The van der Waals surface area contributed by atoms with Crippen LogP contribution in [-0.2, 0) is 4.79 Å². The first-order valence-corrected chi connectivity index (χ1v) is 6.93. The molecule has 3 N–H and O–H groups in total. The highest BCUT2D eigenvalue weighted by Gasteiger charge is 2.20. The van der Waals surface area contributed by atoms with Gasteiger partial charge < -0.3 is 16.0 Å². The second-order valence-electron chi connectivity index (χ2n) is 6.33. The molecule has 0 fully saturated rings. The van der Waals surface area contributed by atoms with Crippen LogP contribution in [-0.4, -0.2) is 43.5 Å². The van der Waals surface area contributed by atoms with Gasteiger partial charge in [-0.3, -0.25) is 4.79 Å². The molecule has 0 radical (unpaired) electrons. The predicted molar refractivity (Wildman–Crippen MR) is 77.4 cm³/mol. The average Bonchev–Trinajstić information content (AvgIpc) is 2.13. The summed E-state index contributed by atoms with van der Waals surface area (Å²) in [6.45, 7) is 9.36. The van der Waals surface area contributed by atoms with Gasteiger partial charge in [0, 0.05) is 12.6 Å². The van der Waals surface area contributed by atoms with Crippen molar-refractivity contribution in [3.05, 3.63) is 0 Å². The van der Waals surface area contributed by atoms with Gasteiger partial charge in [0.1, 0.15) is 0 Å². The molecule has 0 saturated carbocycles. The fourth-order valence-electron chi connectivity index (χ4n) is 2.11. The molecule has 4 nitrogen and oxygen atoms in total. The lowest BCUT2D eigenvalue weighted by Gasteiger charge is -2.25. The first-order chi connectivity index (χ1) is 8.22. The fraction of sp³-hybridized carbons (Fsp3) is 0.929. The van der Waals surface area contributed by atoms with E-state index in [-0.39, 0.29) is 18.0 Å². The predicted octanol–water partition coefficient (Wildman–Crippen LogP) is 1.45. The van der Waals surface area contributed by atoms with E-state index in [1.54, 1.807) is 0 Å². The number of nitrogens with one attached hydrogen (secondary N) is 1. The van der Waals surface area contributed by atoms with Gasteiger partial charge in [-0.2, -0.15) is 0 Å². The second-order valence-corrected chi connectivity index (χ2v) is 6.33. The third-order valence-electron chi connectivity index (χ3n) is 2.75. The van der Waals surface area contributed by atoms with Crippen LogP contribution in [0, 0.1) is 11.8 Å². The van der Waals surface area contributed by atoms with Crippen molar-refractivity contribution in [3.63, 3.8) is 0 Å². The van der Waals surface area contributed by atoms with E-state index in [0.29, 0.717) is 11.8 Å². The molecule has 0 saturated heterocycles. The van der Waals surface area contributed by atoms with Crippen LogP contribution in [0.15, 0.2) is 0 Å². The zero-order valence-electron chi connectivity index (χ0n) is 12.9. The van der Waals surface area contributed by atoms with Crippen LogP contribution in [0.3, 0.4) is 0 Å². The smallest absolute Gasteiger partial charge is 0.237 e. The zero-order chi connectivity index (χ0) is 14.3. The van der Waals surface area contributed by atoms with Gasteiger partial charge in [-0.25, -0.2) is 0 Å². The number of hydrogen-bond acceptors (Lipinski definition) is 3. The van der Waals surface area contributed by atoms with Crippen LogP contribution in [0.4, 0.5) is 0 Å². The molecule has 4 heteroatoms. The molecule has 0 aliphatic rings. The van der Waals surface area contributed by atoms with Gasteiger partial charge in [-0.05, 0) is 38.8 Å². The third-order valence-corrected chi connectivity index (χ3v) is 2.75. The molecule has 0 aromatic heterocycles. The van der Waals surface area contributed by atoms with Gasteiger partial charge in [0.2, 0.25) is 5.91 Å². The van der Waals surface area contributed by atoms with Gasteiger partial charge >= 0.3 is 0 Å². The first-order valence-electron chi connectivity index (χ1n) is 6.93. The molecule has 0 aliphatic carbocycles. The summed E-state index contributed by atoms with van der Waals surface area (Å²) in [7, 11) is 4.04. The summed E-state index contributed by atoms with van der Waals surface area (Å²) in [6, 6.07) is -0.201. The molecular formula is C14H31N3O. The van der Waals surface area contributed by atoms with Crippen LogP contribution in [0.1, 0.15) is 40.5 Å². The Morgan fingerprint density at radius 1 is 1.11 bits per heavy atom. The van der Waals surface area contributed by atoms with E-state index >= 15 is 0 Å². The van der Waals surface area contributed by atoms with E-state index in [0.717, 1.165) is 19.4 Å². The maximum Gasteiger partial charge on any atom is 0.237 e. The molecular weight excluding hydrogens is 226 g/mol. The van der Waals surface area contributed by atoms with Crippen LogP contribution in [0.2, 0.25) is 0 Å². The number of carbonyl (C=O) groups excluding carboxylic acids is 1. The maximum absolute atomic E-state index is 12.0. The van der Waals surface area contributed by atoms with Crippen molar-refractivity contribution in [2.45, 2.75) is 52.6 Å². The summed E-state index contributed by atoms with van der Waals surface area (Å²) >= 11 is 0. The lowest BCUT2D eigenvalue weighted by molar-refractivity contribution is -0.123. The Morgan fingerprint density at radius 3 is 2.00 bits per heavy atom. The Morgan fingerprint density at radius 2 is 1.61 bits per heavy atom. The number of likely N-dealkylation sites (N-methyl/N-ethyl adjacent to an activating group) is 1. The van der Waals surface area contributed by atoms with Crippen molar-refractivity contribution >= 4 is 5.91 Å². The average molecular weight is 257 g/mol. The molecule has 0 heterocycles. The Bertz CT molecular complexity index is 229. The summed E-state index contributed by atoms with van der Waals surface area (Å²) in [5.41, 5.74) is 5.90. The Hall–Kier alpha value is -0.610. The van der Waals surface area contributed by atoms with Gasteiger partial charge in [-0.1, -0.05) is 27.7 Å². The highest BCUT2D eigenvalue weighted by Crippen LogP contribution is 2.07. The van der Waals surface area contributed by atoms with Gasteiger partial charge in [0.25, 0.3) is 0 Å². The monoisotopic (exact) mass is 257 g/mol. The summed E-state index contributed by atoms with van der Waals surface area (Å²) < 4.78 is 0. The van der Waals surface area contributed by atoms with Crippen LogP contribution >= 0.6 is 0 Å². The van der Waals surface area contributed by atoms with Crippen LogP contribution in [0.25, 0.3) is 0 Å². The molecule has 2 unspecified atom stereocenters. The molecule has 0 aromatic rings. The highest BCUT2D eigenvalue weighted by atomic mass is 16.2. The van der Waals surface area contributed by atoms with E-state index in [9.17, 15) is 4.79 Å². The SMILES string of the molecule is CC(C)CC(CN(C)C)NC(=O)C(N)CC(C)C. The summed E-state index contributed by atoms with van der Waals surface area (Å²) in [4.78, 5) is 14.1. The van der Waals surface area contributed by atoms with Gasteiger partial charge in [0.05, 0.1) is 6.04 Å². The van der Waals surface area contributed by atoms with Crippen LogP contribution < -0.4 is 11.1 Å². The van der Waals surface area contributed by atoms with Crippen molar-refractivity contribution in [3.8, 4) is 0 Å². The lowest BCUT2D eigenvalue weighted by Crippen LogP contribution is -2.49. The minimum absolute atomic E-state index is 0.0174. The van der Waals surface area contributed by atoms with Crippen molar-refractivity contribution < 1.29 is 4.79 Å². The molecule has 2 atom stereocenters. The van der Waals surface area contributed by atoms with E-state index in [2.05, 4.69) is 37.9 Å². The quantitative estimate of drug-likeness (QED) is 0.692. The molecule has 0 spiro atoms. The highest BCUT2D eigenvalue weighted by molar-refractivity contribution is 5.81. The summed E-state index contributed by atoms with van der Waals surface area (Å²) in [6.07, 6.45) is 1.72. The lowest BCUT2D eigenvalue weighted by atomic mass is 10.0. The fourth-order valence-corrected chi connectivity index (χ4v) is 2.11. The van der Waals surface area contributed by atoms with Gasteiger partial charge in [-0.15, -0.1) is 0 Å². The largest absolute Gasteiger partial charge is 0.351 e. The summed E-state index contributed by atoms with van der Waals surface area (Å²) in [5.74, 6) is 0.996. The second kappa shape index (κ2) is 8.48. The molecule has 108 valence electrons. The Labute approximate surface area is 112 Å². The van der Waals surface area contributed by atoms with E-state index in [1.165, 1.54) is 0 Å². The topological polar surface area (TPSA) is 58.4 Å². The first kappa shape index (κ1) is 17.4. The number of rotatable bonds is 8. The number of carbonyl (C=O) groups is 1. The zero-order valence-corrected chi connectivity index (χ0v) is 12.9. The minimum atomic E-state index is -0.387. The van der Waals surface area contributed by atoms with Gasteiger partial charge in [0.15, 0.2) is 0 Å². The van der Waals surface area contributed by atoms with E-state index in [4.69, 9.17) is 5.73 Å². The molecule has 0 bridgehead atoms. The molecule has 0 aromatic carbocycles. The molecule has 0 aliphatic heterocycles. The van der Waals surface area contributed by atoms with E-state index < -0.39 is 0 Å².